The molecule has 7 nitrogen and oxygen atoms in total. The third kappa shape index (κ3) is 3.61. The first kappa shape index (κ1) is 17.4. The van der Waals surface area contributed by atoms with Crippen LogP contribution in [0.5, 0.6) is 0 Å². The number of aromatic nitrogens is 6. The molecule has 0 atom stereocenters. The lowest BCUT2D eigenvalue weighted by atomic mass is 10.1. The quantitative estimate of drug-likeness (QED) is 0.487. The molecule has 0 amide bonds. The SMILES string of the molecule is Cc1ccc(-c2noc(CSc3nnnn3-c3c(C)cccc3C)n2)cc1. The summed E-state index contributed by atoms with van der Waals surface area (Å²) in [6.07, 6.45) is 0. The molecule has 8 heteroatoms. The topological polar surface area (TPSA) is 82.5 Å². The fraction of sp³-hybridized carbons (Fsp3) is 0.211. The van der Waals surface area contributed by atoms with Crippen LogP contribution >= 0.6 is 11.8 Å². The van der Waals surface area contributed by atoms with Gasteiger partial charge in [0.2, 0.25) is 16.9 Å². The average molecular weight is 378 g/mol. The van der Waals surface area contributed by atoms with Crippen LogP contribution in [0, 0.1) is 20.8 Å². The third-order valence-corrected chi connectivity index (χ3v) is 5.10. The summed E-state index contributed by atoms with van der Waals surface area (Å²) in [5, 5.41) is 16.9. The van der Waals surface area contributed by atoms with Crippen LogP contribution in [-0.4, -0.2) is 30.3 Å². The minimum atomic E-state index is 0.490. The van der Waals surface area contributed by atoms with Gasteiger partial charge in [0.25, 0.3) is 0 Å². The Bertz CT molecular complexity index is 1050. The first-order valence-corrected chi connectivity index (χ1v) is 9.48. The second-order valence-corrected chi connectivity index (χ2v) is 7.22. The van der Waals surface area contributed by atoms with Crippen LogP contribution in [0.1, 0.15) is 22.6 Å². The zero-order valence-corrected chi connectivity index (χ0v) is 16.1. The lowest BCUT2D eigenvalue weighted by molar-refractivity contribution is 0.391. The summed E-state index contributed by atoms with van der Waals surface area (Å²) in [5.74, 6) is 1.61. The third-order valence-electron chi connectivity index (χ3n) is 4.19. The second kappa shape index (κ2) is 7.32. The van der Waals surface area contributed by atoms with Crippen molar-refractivity contribution in [1.29, 1.82) is 0 Å². The fourth-order valence-electron chi connectivity index (χ4n) is 2.81. The smallest absolute Gasteiger partial charge is 0.237 e. The van der Waals surface area contributed by atoms with Crippen molar-refractivity contribution in [2.45, 2.75) is 31.7 Å². The van der Waals surface area contributed by atoms with Crippen molar-refractivity contribution in [3.63, 3.8) is 0 Å². The summed E-state index contributed by atoms with van der Waals surface area (Å²) in [5.41, 5.74) is 5.35. The van der Waals surface area contributed by atoms with Gasteiger partial charge in [-0.15, -0.1) is 5.10 Å². The molecule has 4 aromatic rings. The van der Waals surface area contributed by atoms with Crippen LogP contribution in [0.2, 0.25) is 0 Å². The number of hydrogen-bond donors (Lipinski definition) is 0. The molecule has 0 N–H and O–H groups in total. The predicted molar refractivity (Wildman–Crippen MR) is 103 cm³/mol. The minimum absolute atomic E-state index is 0.490. The molecule has 2 heterocycles. The van der Waals surface area contributed by atoms with Crippen molar-refractivity contribution in [3.05, 3.63) is 65.0 Å². The molecule has 0 aliphatic heterocycles. The zero-order chi connectivity index (χ0) is 18.8. The van der Waals surface area contributed by atoms with Gasteiger partial charge in [-0.05, 0) is 42.3 Å². The molecule has 2 aromatic carbocycles. The molecule has 4 rings (SSSR count). The zero-order valence-electron chi connectivity index (χ0n) is 15.2. The van der Waals surface area contributed by atoms with Crippen molar-refractivity contribution >= 4 is 11.8 Å². The van der Waals surface area contributed by atoms with E-state index in [1.807, 2.05) is 63.2 Å². The van der Waals surface area contributed by atoms with E-state index >= 15 is 0 Å². The van der Waals surface area contributed by atoms with Crippen LogP contribution in [0.3, 0.4) is 0 Å². The highest BCUT2D eigenvalue weighted by atomic mass is 32.2. The summed E-state index contributed by atoms with van der Waals surface area (Å²) in [7, 11) is 0. The summed E-state index contributed by atoms with van der Waals surface area (Å²) in [6, 6.07) is 14.1. The standard InChI is InChI=1S/C19H18N6OS/c1-12-7-9-15(10-8-12)18-20-16(26-22-18)11-27-19-21-23-24-25(19)17-13(2)5-4-6-14(17)3/h4-10H,11H2,1-3H3. The Hall–Kier alpha value is -3.00. The van der Waals surface area contributed by atoms with E-state index < -0.39 is 0 Å². The van der Waals surface area contributed by atoms with Gasteiger partial charge in [0, 0.05) is 5.56 Å². The van der Waals surface area contributed by atoms with Gasteiger partial charge in [0.15, 0.2) is 0 Å². The molecular formula is C19H18N6OS. The molecule has 0 saturated carbocycles. The highest BCUT2D eigenvalue weighted by molar-refractivity contribution is 7.98. The highest BCUT2D eigenvalue weighted by Crippen LogP contribution is 2.26. The van der Waals surface area contributed by atoms with Crippen LogP contribution in [0.15, 0.2) is 52.1 Å². The Kier molecular flexibility index (Phi) is 4.72. The first-order valence-electron chi connectivity index (χ1n) is 8.49. The highest BCUT2D eigenvalue weighted by Gasteiger charge is 2.15. The van der Waals surface area contributed by atoms with E-state index in [2.05, 4.69) is 25.7 Å². The molecular weight excluding hydrogens is 360 g/mol. The van der Waals surface area contributed by atoms with Crippen LogP contribution < -0.4 is 0 Å². The van der Waals surface area contributed by atoms with Gasteiger partial charge in [-0.3, -0.25) is 0 Å². The largest absolute Gasteiger partial charge is 0.338 e. The van der Waals surface area contributed by atoms with Crippen molar-refractivity contribution in [2.24, 2.45) is 0 Å². The van der Waals surface area contributed by atoms with E-state index in [0.29, 0.717) is 22.6 Å². The van der Waals surface area contributed by atoms with Gasteiger partial charge in [-0.2, -0.15) is 9.67 Å². The molecule has 2 aromatic heterocycles. The summed E-state index contributed by atoms with van der Waals surface area (Å²) < 4.78 is 7.14. The lowest BCUT2D eigenvalue weighted by Gasteiger charge is -2.09. The normalized spacial score (nSPS) is 11.1. The number of tetrazole rings is 1. The van der Waals surface area contributed by atoms with Crippen LogP contribution in [-0.2, 0) is 5.75 Å². The molecule has 27 heavy (non-hydrogen) atoms. The Labute approximate surface area is 160 Å². The van der Waals surface area contributed by atoms with Gasteiger partial charge in [0.1, 0.15) is 0 Å². The van der Waals surface area contributed by atoms with Gasteiger partial charge in [-0.1, -0.05) is 64.9 Å². The predicted octanol–water partition coefficient (Wildman–Crippen LogP) is 3.93. The Morgan fingerprint density at radius 1 is 1.00 bits per heavy atom. The molecule has 0 spiro atoms. The second-order valence-electron chi connectivity index (χ2n) is 6.28. The maximum atomic E-state index is 5.38. The van der Waals surface area contributed by atoms with E-state index in [9.17, 15) is 0 Å². The Morgan fingerprint density at radius 2 is 1.74 bits per heavy atom. The van der Waals surface area contributed by atoms with Crippen molar-refractivity contribution in [2.75, 3.05) is 0 Å². The molecule has 0 saturated heterocycles. The van der Waals surface area contributed by atoms with Crippen molar-refractivity contribution in [1.82, 2.24) is 30.3 Å². The molecule has 136 valence electrons. The maximum Gasteiger partial charge on any atom is 0.237 e. The number of nitrogens with zero attached hydrogens (tertiary/aromatic N) is 6. The summed E-state index contributed by atoms with van der Waals surface area (Å²) in [6.45, 7) is 6.14. The van der Waals surface area contributed by atoms with E-state index in [-0.39, 0.29) is 0 Å². The van der Waals surface area contributed by atoms with Gasteiger partial charge >= 0.3 is 0 Å². The van der Waals surface area contributed by atoms with Crippen LogP contribution in [0.25, 0.3) is 17.1 Å². The number of thioether (sulfide) groups is 1. The number of rotatable bonds is 5. The van der Waals surface area contributed by atoms with Gasteiger partial charge in [0.05, 0.1) is 11.4 Å². The minimum Gasteiger partial charge on any atom is -0.338 e. The monoisotopic (exact) mass is 378 g/mol. The van der Waals surface area contributed by atoms with Crippen LogP contribution in [0.4, 0.5) is 0 Å². The molecule has 0 aliphatic rings. The molecule has 0 unspecified atom stereocenters. The van der Waals surface area contributed by atoms with E-state index in [1.54, 1.807) is 4.68 Å². The lowest BCUT2D eigenvalue weighted by Crippen LogP contribution is -2.04. The summed E-state index contributed by atoms with van der Waals surface area (Å²) >= 11 is 1.46. The first-order chi connectivity index (χ1) is 13.1. The van der Waals surface area contributed by atoms with Crippen molar-refractivity contribution in [3.8, 4) is 17.1 Å². The van der Waals surface area contributed by atoms with Gasteiger partial charge in [-0.25, -0.2) is 0 Å². The fourth-order valence-corrected chi connectivity index (χ4v) is 3.52. The molecule has 0 radical (unpaired) electrons. The van der Waals surface area contributed by atoms with E-state index in [0.717, 1.165) is 22.4 Å². The molecule has 0 aliphatic carbocycles. The Morgan fingerprint density at radius 3 is 2.48 bits per heavy atom. The summed E-state index contributed by atoms with van der Waals surface area (Å²) in [4.78, 5) is 4.47. The number of benzene rings is 2. The molecule has 0 fully saturated rings. The van der Waals surface area contributed by atoms with Crippen molar-refractivity contribution < 1.29 is 4.52 Å². The van der Waals surface area contributed by atoms with E-state index in [1.165, 1.54) is 17.3 Å². The molecule has 0 bridgehead atoms. The Balaban J connectivity index is 1.52. The number of aryl methyl sites for hydroxylation is 3. The average Bonchev–Trinajstić information content (AvgIpc) is 3.30. The maximum absolute atomic E-state index is 5.38. The van der Waals surface area contributed by atoms with E-state index in [4.69, 9.17) is 4.52 Å². The number of para-hydroxylation sites is 1. The number of hydrogen-bond acceptors (Lipinski definition) is 7. The van der Waals surface area contributed by atoms with Gasteiger partial charge < -0.3 is 4.52 Å².